The van der Waals surface area contributed by atoms with Gasteiger partial charge >= 0.3 is 0 Å². The van der Waals surface area contributed by atoms with Crippen LogP contribution in [-0.4, -0.2) is 16.5 Å². The molecular formula is C13H17FN2. The second-order valence-electron chi connectivity index (χ2n) is 5.37. The van der Waals surface area contributed by atoms with E-state index >= 15 is 0 Å². The molecule has 2 atom stereocenters. The first-order valence-corrected chi connectivity index (χ1v) is 5.88. The zero-order chi connectivity index (χ0) is 11.5. The molecular weight excluding hydrogens is 203 g/mol. The van der Waals surface area contributed by atoms with E-state index < -0.39 is 6.67 Å². The van der Waals surface area contributed by atoms with E-state index in [1.807, 2.05) is 24.7 Å². The van der Waals surface area contributed by atoms with E-state index in [-0.39, 0.29) is 0 Å². The molecule has 86 valence electrons. The number of rotatable bonds is 2. The second kappa shape index (κ2) is 2.96. The number of aryl methyl sites for hydroxylation is 1. The minimum Gasteiger partial charge on any atom is -0.272 e. The largest absolute Gasteiger partial charge is 0.272 e. The summed E-state index contributed by atoms with van der Waals surface area (Å²) >= 11 is 0. The lowest BCUT2D eigenvalue weighted by atomic mass is 10.1. The van der Waals surface area contributed by atoms with Gasteiger partial charge in [0.25, 0.3) is 0 Å². The summed E-state index contributed by atoms with van der Waals surface area (Å²) in [4.78, 5) is 0. The summed E-state index contributed by atoms with van der Waals surface area (Å²) < 4.78 is 14.9. The highest BCUT2D eigenvalue weighted by Crippen LogP contribution is 2.67. The molecule has 1 saturated carbocycles. The maximum atomic E-state index is 12.9. The minimum atomic E-state index is -0.413. The molecule has 2 aliphatic rings. The number of nitrogens with zero attached hydrogens (tertiary/aromatic N) is 2. The molecule has 0 radical (unpaired) electrons. The van der Waals surface area contributed by atoms with Crippen LogP contribution in [-0.2, 0) is 13.5 Å². The van der Waals surface area contributed by atoms with Gasteiger partial charge in [-0.2, -0.15) is 5.10 Å². The van der Waals surface area contributed by atoms with E-state index in [0.29, 0.717) is 11.3 Å². The van der Waals surface area contributed by atoms with Crippen LogP contribution in [0.25, 0.3) is 5.57 Å². The van der Waals surface area contributed by atoms with Crippen LogP contribution in [0.2, 0.25) is 0 Å². The zero-order valence-electron chi connectivity index (χ0n) is 10.0. The summed E-state index contributed by atoms with van der Waals surface area (Å²) in [5.74, 6) is 0.632. The Balaban J connectivity index is 2.13. The Morgan fingerprint density at radius 3 is 3.06 bits per heavy atom. The summed E-state index contributed by atoms with van der Waals surface area (Å²) in [5, 5.41) is 4.49. The highest BCUT2D eigenvalue weighted by Gasteiger charge is 2.58. The van der Waals surface area contributed by atoms with Gasteiger partial charge in [-0.1, -0.05) is 13.0 Å². The Labute approximate surface area is 95.2 Å². The average molecular weight is 220 g/mol. The van der Waals surface area contributed by atoms with Crippen molar-refractivity contribution < 1.29 is 4.39 Å². The highest BCUT2D eigenvalue weighted by atomic mass is 19.1. The quantitative estimate of drug-likeness (QED) is 0.749. The zero-order valence-corrected chi connectivity index (χ0v) is 10.0. The smallest absolute Gasteiger partial charge is 0.116 e. The maximum absolute atomic E-state index is 12.9. The van der Waals surface area contributed by atoms with Crippen LogP contribution in [0.15, 0.2) is 6.08 Å². The SMILES string of the molecule is C/C=C(\CF)c1nn(C)c2c1[C@H]1CC1(C)C2. The molecule has 0 N–H and O–H groups in total. The Hall–Kier alpha value is -1.12. The van der Waals surface area contributed by atoms with Crippen LogP contribution in [0, 0.1) is 5.41 Å². The average Bonchev–Trinajstić information content (AvgIpc) is 2.66. The predicted molar refractivity (Wildman–Crippen MR) is 62.0 cm³/mol. The first-order chi connectivity index (χ1) is 7.60. The number of alkyl halides is 1. The van der Waals surface area contributed by atoms with Gasteiger partial charge in [0.15, 0.2) is 0 Å². The van der Waals surface area contributed by atoms with Crippen LogP contribution in [0.3, 0.4) is 0 Å². The van der Waals surface area contributed by atoms with Gasteiger partial charge in [0.2, 0.25) is 0 Å². The summed E-state index contributed by atoms with van der Waals surface area (Å²) in [6, 6.07) is 0. The topological polar surface area (TPSA) is 17.8 Å². The monoisotopic (exact) mass is 220 g/mol. The van der Waals surface area contributed by atoms with Crippen LogP contribution in [0.5, 0.6) is 0 Å². The number of aromatic nitrogens is 2. The molecule has 1 heterocycles. The fourth-order valence-electron chi connectivity index (χ4n) is 3.10. The summed E-state index contributed by atoms with van der Waals surface area (Å²) in [6.45, 7) is 3.80. The lowest BCUT2D eigenvalue weighted by Crippen LogP contribution is -2.03. The molecule has 0 bridgehead atoms. The van der Waals surface area contributed by atoms with Gasteiger partial charge in [-0.05, 0) is 31.1 Å². The van der Waals surface area contributed by atoms with Gasteiger partial charge in [-0.3, -0.25) is 4.68 Å². The van der Waals surface area contributed by atoms with Gasteiger partial charge in [-0.15, -0.1) is 0 Å². The van der Waals surface area contributed by atoms with E-state index in [9.17, 15) is 4.39 Å². The van der Waals surface area contributed by atoms with Crippen molar-refractivity contribution in [2.24, 2.45) is 12.5 Å². The third-order valence-electron chi connectivity index (χ3n) is 4.27. The minimum absolute atomic E-state index is 0.413. The fourth-order valence-corrected chi connectivity index (χ4v) is 3.10. The molecule has 3 rings (SSSR count). The van der Waals surface area contributed by atoms with Gasteiger partial charge in [-0.25, -0.2) is 4.39 Å². The molecule has 2 aliphatic carbocycles. The molecule has 1 aromatic rings. The van der Waals surface area contributed by atoms with Crippen molar-refractivity contribution in [3.05, 3.63) is 23.0 Å². The van der Waals surface area contributed by atoms with E-state index in [4.69, 9.17) is 0 Å². The Morgan fingerprint density at radius 2 is 2.44 bits per heavy atom. The van der Waals surface area contributed by atoms with Crippen molar-refractivity contribution in [3.8, 4) is 0 Å². The molecule has 0 aliphatic heterocycles. The molecule has 0 saturated heterocycles. The molecule has 0 amide bonds. The molecule has 1 fully saturated rings. The molecule has 0 spiro atoms. The fraction of sp³-hybridized carbons (Fsp3) is 0.615. The lowest BCUT2D eigenvalue weighted by Gasteiger charge is -2.03. The lowest BCUT2D eigenvalue weighted by molar-refractivity contribution is 0.545. The molecule has 1 aromatic heterocycles. The molecule has 2 nitrogen and oxygen atoms in total. The number of halogens is 1. The molecule has 1 unspecified atom stereocenters. The van der Waals surface area contributed by atoms with E-state index in [0.717, 1.165) is 17.7 Å². The van der Waals surface area contributed by atoms with Crippen LogP contribution >= 0.6 is 0 Å². The normalized spacial score (nSPS) is 31.5. The summed E-state index contributed by atoms with van der Waals surface area (Å²) in [5.41, 5.74) is 4.76. The predicted octanol–water partition coefficient (Wildman–Crippen LogP) is 2.84. The van der Waals surface area contributed by atoms with Gasteiger partial charge < -0.3 is 0 Å². The molecule has 16 heavy (non-hydrogen) atoms. The van der Waals surface area contributed by atoms with Crippen molar-refractivity contribution >= 4 is 5.57 Å². The van der Waals surface area contributed by atoms with Crippen LogP contribution in [0.4, 0.5) is 4.39 Å². The molecule has 0 aromatic carbocycles. The Bertz CT molecular complexity index is 486. The number of hydrogen-bond donors (Lipinski definition) is 0. The van der Waals surface area contributed by atoms with Gasteiger partial charge in [0.1, 0.15) is 6.67 Å². The highest BCUT2D eigenvalue weighted by molar-refractivity contribution is 5.69. The maximum Gasteiger partial charge on any atom is 0.116 e. The third kappa shape index (κ3) is 1.09. The Kier molecular flexibility index (Phi) is 1.86. The van der Waals surface area contributed by atoms with Gasteiger partial charge in [0, 0.05) is 23.9 Å². The summed E-state index contributed by atoms with van der Waals surface area (Å²) in [7, 11) is 1.97. The first-order valence-electron chi connectivity index (χ1n) is 5.88. The van der Waals surface area contributed by atoms with Crippen molar-refractivity contribution in [1.29, 1.82) is 0 Å². The number of hydrogen-bond acceptors (Lipinski definition) is 1. The van der Waals surface area contributed by atoms with E-state index in [1.54, 1.807) is 0 Å². The number of allylic oxidation sites excluding steroid dienone is 2. The van der Waals surface area contributed by atoms with Crippen molar-refractivity contribution in [3.63, 3.8) is 0 Å². The Morgan fingerprint density at radius 1 is 1.69 bits per heavy atom. The third-order valence-corrected chi connectivity index (χ3v) is 4.27. The standard InChI is InChI=1S/C13H17FN2/c1-4-8(7-14)12-11-9-5-13(9,2)6-10(11)16(3)15-12/h4,9H,5-7H2,1-3H3/b8-4+/t9-,13?/m1/s1. The van der Waals surface area contributed by atoms with Crippen molar-refractivity contribution in [2.45, 2.75) is 32.6 Å². The second-order valence-corrected chi connectivity index (χ2v) is 5.37. The van der Waals surface area contributed by atoms with Crippen molar-refractivity contribution in [1.82, 2.24) is 9.78 Å². The van der Waals surface area contributed by atoms with E-state index in [2.05, 4.69) is 12.0 Å². The van der Waals surface area contributed by atoms with Gasteiger partial charge in [0.05, 0.1) is 5.69 Å². The number of fused-ring (bicyclic) bond motifs is 3. The molecule has 3 heteroatoms. The van der Waals surface area contributed by atoms with Crippen LogP contribution in [0.1, 0.15) is 43.1 Å². The van der Waals surface area contributed by atoms with Crippen molar-refractivity contribution in [2.75, 3.05) is 6.67 Å². The van der Waals surface area contributed by atoms with E-state index in [1.165, 1.54) is 17.7 Å². The summed E-state index contributed by atoms with van der Waals surface area (Å²) in [6.07, 6.45) is 4.21. The van der Waals surface area contributed by atoms with Crippen LogP contribution < -0.4 is 0 Å². The first kappa shape index (κ1) is 10.1.